The number of hydrogen-bond acceptors (Lipinski definition) is 2. The molecular formula is C8H5ClF2INO2. The number of alkyl halides is 2. The highest BCUT2D eigenvalue weighted by molar-refractivity contribution is 14.1. The van der Waals surface area contributed by atoms with Gasteiger partial charge in [0.15, 0.2) is 0 Å². The van der Waals surface area contributed by atoms with Crippen molar-refractivity contribution in [3.05, 3.63) is 26.0 Å². The molecule has 1 rings (SSSR count). The van der Waals surface area contributed by atoms with Crippen LogP contribution in [0.3, 0.4) is 0 Å². The van der Waals surface area contributed by atoms with Crippen LogP contribution in [-0.2, 0) is 11.2 Å². The summed E-state index contributed by atoms with van der Waals surface area (Å²) in [5.74, 6) is -1.08. The summed E-state index contributed by atoms with van der Waals surface area (Å²) in [4.78, 5) is 13.9. The minimum absolute atomic E-state index is 0.187. The van der Waals surface area contributed by atoms with E-state index in [1.54, 1.807) is 22.6 Å². The summed E-state index contributed by atoms with van der Waals surface area (Å²) in [5.41, 5.74) is -0.187. The first kappa shape index (κ1) is 12.6. The molecule has 1 aromatic heterocycles. The lowest BCUT2D eigenvalue weighted by Gasteiger charge is -2.06. The van der Waals surface area contributed by atoms with Crippen molar-refractivity contribution in [3.8, 4) is 0 Å². The van der Waals surface area contributed by atoms with Crippen molar-refractivity contribution in [1.29, 1.82) is 0 Å². The number of rotatable bonds is 3. The zero-order valence-corrected chi connectivity index (χ0v) is 10.1. The fourth-order valence-corrected chi connectivity index (χ4v) is 1.90. The summed E-state index contributed by atoms with van der Waals surface area (Å²) in [6, 6.07) is 1.31. The number of nitrogens with zero attached hydrogens (tertiary/aromatic N) is 1. The van der Waals surface area contributed by atoms with E-state index >= 15 is 0 Å². The van der Waals surface area contributed by atoms with E-state index in [4.69, 9.17) is 16.7 Å². The highest BCUT2D eigenvalue weighted by Crippen LogP contribution is 2.26. The molecule has 0 aromatic carbocycles. The van der Waals surface area contributed by atoms with E-state index in [9.17, 15) is 13.6 Å². The number of carboxylic acids is 1. The van der Waals surface area contributed by atoms with E-state index in [2.05, 4.69) is 4.98 Å². The van der Waals surface area contributed by atoms with E-state index in [0.29, 0.717) is 0 Å². The molecule has 0 amide bonds. The van der Waals surface area contributed by atoms with Gasteiger partial charge in [-0.25, -0.2) is 13.8 Å². The molecule has 0 aliphatic carbocycles. The molecule has 0 atom stereocenters. The van der Waals surface area contributed by atoms with E-state index in [0.717, 1.165) is 0 Å². The van der Waals surface area contributed by atoms with Gasteiger partial charge in [-0.2, -0.15) is 0 Å². The molecule has 1 heterocycles. The minimum atomic E-state index is -2.71. The molecule has 0 bridgehead atoms. The van der Waals surface area contributed by atoms with Gasteiger partial charge in [-0.05, 0) is 28.7 Å². The number of carboxylic acid groups (broad SMARTS) is 1. The van der Waals surface area contributed by atoms with Gasteiger partial charge in [0.2, 0.25) is 0 Å². The molecular weight excluding hydrogens is 342 g/mol. The standard InChI is InChI=1S/C8H5ClF2INO2/c9-7-3(2-5(14)15)1-4(12)6(13-7)8(10)11/h1,8H,2H2,(H,14,15). The van der Waals surface area contributed by atoms with Crippen LogP contribution >= 0.6 is 34.2 Å². The quantitative estimate of drug-likeness (QED) is 0.676. The topological polar surface area (TPSA) is 50.2 Å². The Morgan fingerprint density at radius 1 is 1.67 bits per heavy atom. The smallest absolute Gasteiger partial charge is 0.307 e. The predicted octanol–water partition coefficient (Wildman–Crippen LogP) is 2.90. The van der Waals surface area contributed by atoms with Crippen LogP contribution in [0.1, 0.15) is 17.7 Å². The summed E-state index contributed by atoms with van der Waals surface area (Å²) in [5, 5.41) is 8.34. The van der Waals surface area contributed by atoms with Gasteiger partial charge < -0.3 is 5.11 Å². The monoisotopic (exact) mass is 347 g/mol. The zero-order valence-electron chi connectivity index (χ0n) is 7.18. The maximum absolute atomic E-state index is 12.4. The summed E-state index contributed by atoms with van der Waals surface area (Å²) in [7, 11) is 0. The molecule has 0 radical (unpaired) electrons. The van der Waals surface area contributed by atoms with Crippen LogP contribution in [0.15, 0.2) is 6.07 Å². The lowest BCUT2D eigenvalue weighted by atomic mass is 10.2. The first-order valence-electron chi connectivity index (χ1n) is 3.76. The Kier molecular flexibility index (Phi) is 4.21. The van der Waals surface area contributed by atoms with Crippen molar-refractivity contribution in [2.24, 2.45) is 0 Å². The van der Waals surface area contributed by atoms with Gasteiger partial charge >= 0.3 is 5.97 Å². The van der Waals surface area contributed by atoms with Gasteiger partial charge in [-0.1, -0.05) is 11.6 Å². The zero-order chi connectivity index (χ0) is 11.6. The second-order valence-electron chi connectivity index (χ2n) is 2.68. The maximum atomic E-state index is 12.4. The summed E-state index contributed by atoms with van der Waals surface area (Å²) >= 11 is 7.25. The van der Waals surface area contributed by atoms with Crippen LogP contribution in [-0.4, -0.2) is 16.1 Å². The fourth-order valence-electron chi connectivity index (χ4n) is 0.957. The van der Waals surface area contributed by atoms with Crippen molar-refractivity contribution < 1.29 is 18.7 Å². The van der Waals surface area contributed by atoms with Crippen molar-refractivity contribution in [2.75, 3.05) is 0 Å². The van der Waals surface area contributed by atoms with Crippen LogP contribution in [0.4, 0.5) is 8.78 Å². The van der Waals surface area contributed by atoms with Crippen molar-refractivity contribution in [1.82, 2.24) is 4.98 Å². The molecule has 0 saturated heterocycles. The Balaban J connectivity index is 3.13. The van der Waals surface area contributed by atoms with E-state index in [1.165, 1.54) is 6.07 Å². The largest absolute Gasteiger partial charge is 0.481 e. The average molecular weight is 347 g/mol. The van der Waals surface area contributed by atoms with Gasteiger partial charge in [-0.15, -0.1) is 0 Å². The first-order chi connectivity index (χ1) is 6.91. The van der Waals surface area contributed by atoms with Crippen LogP contribution < -0.4 is 0 Å². The molecule has 82 valence electrons. The molecule has 7 heteroatoms. The van der Waals surface area contributed by atoms with E-state index < -0.39 is 18.1 Å². The van der Waals surface area contributed by atoms with Crippen molar-refractivity contribution >= 4 is 40.2 Å². The minimum Gasteiger partial charge on any atom is -0.481 e. The third kappa shape index (κ3) is 3.23. The number of carbonyl (C=O) groups is 1. The first-order valence-corrected chi connectivity index (χ1v) is 5.22. The van der Waals surface area contributed by atoms with Gasteiger partial charge in [0.1, 0.15) is 10.8 Å². The SMILES string of the molecule is O=C(O)Cc1cc(I)c(C(F)F)nc1Cl. The third-order valence-electron chi connectivity index (χ3n) is 1.58. The van der Waals surface area contributed by atoms with Crippen molar-refractivity contribution in [3.63, 3.8) is 0 Å². The average Bonchev–Trinajstić information content (AvgIpc) is 2.09. The number of aliphatic carboxylic acids is 1. The molecule has 1 aromatic rings. The summed E-state index contributed by atoms with van der Waals surface area (Å²) < 4.78 is 24.9. The number of pyridine rings is 1. The van der Waals surface area contributed by atoms with Crippen LogP contribution in [0.5, 0.6) is 0 Å². The fraction of sp³-hybridized carbons (Fsp3) is 0.250. The highest BCUT2D eigenvalue weighted by Gasteiger charge is 2.17. The third-order valence-corrected chi connectivity index (χ3v) is 2.77. The van der Waals surface area contributed by atoms with Gasteiger partial charge in [0.05, 0.1) is 6.42 Å². The van der Waals surface area contributed by atoms with Crippen molar-refractivity contribution in [2.45, 2.75) is 12.8 Å². The number of hydrogen-bond donors (Lipinski definition) is 1. The van der Waals surface area contributed by atoms with Gasteiger partial charge in [0.25, 0.3) is 6.43 Å². The Hall–Kier alpha value is -0.500. The molecule has 0 fully saturated rings. The molecule has 0 aliphatic rings. The second kappa shape index (κ2) is 5.02. The lowest BCUT2D eigenvalue weighted by molar-refractivity contribution is -0.136. The Morgan fingerprint density at radius 2 is 2.27 bits per heavy atom. The number of aromatic nitrogens is 1. The Labute approximate surface area is 103 Å². The Morgan fingerprint density at radius 3 is 2.73 bits per heavy atom. The number of halogens is 4. The highest BCUT2D eigenvalue weighted by atomic mass is 127. The predicted molar refractivity (Wildman–Crippen MR) is 58.3 cm³/mol. The summed E-state index contributed by atoms with van der Waals surface area (Å²) in [6.07, 6.45) is -3.04. The molecule has 0 saturated carbocycles. The normalized spacial score (nSPS) is 10.7. The molecule has 0 unspecified atom stereocenters. The second-order valence-corrected chi connectivity index (χ2v) is 4.20. The molecule has 1 N–H and O–H groups in total. The Bertz CT molecular complexity index is 400. The van der Waals surface area contributed by atoms with E-state index in [-0.39, 0.29) is 20.7 Å². The summed E-state index contributed by atoms with van der Waals surface area (Å²) in [6.45, 7) is 0. The molecule has 15 heavy (non-hydrogen) atoms. The van der Waals surface area contributed by atoms with Crippen LogP contribution in [0, 0.1) is 3.57 Å². The van der Waals surface area contributed by atoms with Gasteiger partial charge in [-0.3, -0.25) is 4.79 Å². The van der Waals surface area contributed by atoms with Gasteiger partial charge in [0, 0.05) is 9.13 Å². The van der Waals surface area contributed by atoms with Crippen LogP contribution in [0.25, 0.3) is 0 Å². The van der Waals surface area contributed by atoms with E-state index in [1.807, 2.05) is 0 Å². The maximum Gasteiger partial charge on any atom is 0.307 e. The molecule has 0 aliphatic heterocycles. The van der Waals surface area contributed by atoms with Crippen LogP contribution in [0.2, 0.25) is 5.15 Å². The molecule has 0 spiro atoms. The lowest BCUT2D eigenvalue weighted by Crippen LogP contribution is -2.05. The molecule has 3 nitrogen and oxygen atoms in total.